The first-order chi connectivity index (χ1) is 13.4. The first-order valence-corrected chi connectivity index (χ1v) is 10.4. The maximum Gasteiger partial charge on any atom is 0.242 e. The molecule has 28 heavy (non-hydrogen) atoms. The lowest BCUT2D eigenvalue weighted by atomic mass is 10.2. The van der Waals surface area contributed by atoms with Crippen molar-refractivity contribution in [3.8, 4) is 0 Å². The van der Waals surface area contributed by atoms with E-state index in [4.69, 9.17) is 23.2 Å². The number of amides is 2. The van der Waals surface area contributed by atoms with Crippen molar-refractivity contribution in [1.82, 2.24) is 4.90 Å². The number of anilines is 1. The molecule has 146 valence electrons. The molecule has 1 fully saturated rings. The summed E-state index contributed by atoms with van der Waals surface area (Å²) in [5, 5.41) is 4.08. The largest absolute Gasteiger partial charge is 0.326 e. The summed E-state index contributed by atoms with van der Waals surface area (Å²) in [7, 11) is 0. The van der Waals surface area contributed by atoms with Crippen LogP contribution in [0.4, 0.5) is 11.4 Å². The molecule has 1 heterocycles. The van der Waals surface area contributed by atoms with Crippen LogP contribution in [0.5, 0.6) is 0 Å². The Balaban J connectivity index is 1.71. The van der Waals surface area contributed by atoms with Crippen LogP contribution in [-0.4, -0.2) is 33.7 Å². The lowest BCUT2D eigenvalue weighted by Crippen LogP contribution is -2.33. The highest BCUT2D eigenvalue weighted by molar-refractivity contribution is 8.15. The van der Waals surface area contributed by atoms with Gasteiger partial charge in [-0.1, -0.05) is 41.0 Å². The summed E-state index contributed by atoms with van der Waals surface area (Å²) in [6.45, 7) is 4.28. The molecule has 1 atom stereocenters. The molecular formula is C20H19Cl2N3O2S. The van der Waals surface area contributed by atoms with Gasteiger partial charge in [0, 0.05) is 28.7 Å². The average Bonchev–Trinajstić information content (AvgIpc) is 2.94. The molecule has 3 rings (SSSR count). The van der Waals surface area contributed by atoms with Crippen LogP contribution in [-0.2, 0) is 9.59 Å². The highest BCUT2D eigenvalue weighted by Crippen LogP contribution is 2.32. The maximum absolute atomic E-state index is 12.7. The Hall–Kier alpha value is -2.02. The third-order valence-electron chi connectivity index (χ3n) is 4.22. The number of aryl methyl sites for hydroxylation is 1. The Kier molecular flexibility index (Phi) is 6.65. The van der Waals surface area contributed by atoms with Gasteiger partial charge in [-0.2, -0.15) is 0 Å². The van der Waals surface area contributed by atoms with E-state index in [1.54, 1.807) is 35.2 Å². The molecule has 0 saturated carbocycles. The van der Waals surface area contributed by atoms with Crippen LogP contribution in [0.15, 0.2) is 47.5 Å². The number of carbonyl (C=O) groups excluding carboxylic acids is 2. The van der Waals surface area contributed by atoms with Crippen molar-refractivity contribution in [2.45, 2.75) is 25.5 Å². The Bertz CT molecular complexity index is 932. The summed E-state index contributed by atoms with van der Waals surface area (Å²) in [6.07, 6.45) is 0.0658. The van der Waals surface area contributed by atoms with Crippen molar-refractivity contribution >= 4 is 63.3 Å². The van der Waals surface area contributed by atoms with E-state index in [-0.39, 0.29) is 18.2 Å². The topological polar surface area (TPSA) is 61.8 Å². The summed E-state index contributed by atoms with van der Waals surface area (Å²) in [5.74, 6) is -0.348. The molecule has 0 bridgehead atoms. The van der Waals surface area contributed by atoms with Crippen molar-refractivity contribution in [2.75, 3.05) is 11.9 Å². The molecule has 1 N–H and O–H groups in total. The molecular weight excluding hydrogens is 417 g/mol. The van der Waals surface area contributed by atoms with Gasteiger partial charge in [-0.25, -0.2) is 4.99 Å². The molecule has 0 aliphatic carbocycles. The minimum Gasteiger partial charge on any atom is -0.326 e. The van der Waals surface area contributed by atoms with Gasteiger partial charge in [-0.15, -0.1) is 0 Å². The van der Waals surface area contributed by atoms with Gasteiger partial charge in [0.1, 0.15) is 5.25 Å². The summed E-state index contributed by atoms with van der Waals surface area (Å²) < 4.78 is 0. The normalized spacial score (nSPS) is 18.0. The molecule has 1 unspecified atom stereocenters. The predicted molar refractivity (Wildman–Crippen MR) is 117 cm³/mol. The number of nitrogens with one attached hydrogen (secondary N) is 1. The van der Waals surface area contributed by atoms with E-state index in [0.29, 0.717) is 33.1 Å². The van der Waals surface area contributed by atoms with Gasteiger partial charge in [0.25, 0.3) is 0 Å². The van der Waals surface area contributed by atoms with Crippen LogP contribution in [0.1, 0.15) is 18.9 Å². The summed E-state index contributed by atoms with van der Waals surface area (Å²) in [5.41, 5.74) is 2.28. The van der Waals surface area contributed by atoms with Crippen molar-refractivity contribution in [3.63, 3.8) is 0 Å². The second kappa shape index (κ2) is 8.99. The number of rotatable bonds is 5. The minimum atomic E-state index is -0.507. The molecule has 0 radical (unpaired) electrons. The number of benzene rings is 2. The lowest BCUT2D eigenvalue weighted by Gasteiger charge is -2.13. The molecule has 5 nitrogen and oxygen atoms in total. The molecule has 2 aromatic carbocycles. The molecule has 1 saturated heterocycles. The Morgan fingerprint density at radius 1 is 1.21 bits per heavy atom. The highest BCUT2D eigenvalue weighted by atomic mass is 35.5. The van der Waals surface area contributed by atoms with Gasteiger partial charge < -0.3 is 5.32 Å². The van der Waals surface area contributed by atoms with Gasteiger partial charge in [-0.05, 0) is 55.8 Å². The van der Waals surface area contributed by atoms with Gasteiger partial charge in [-0.3, -0.25) is 14.5 Å². The van der Waals surface area contributed by atoms with Gasteiger partial charge in [0.2, 0.25) is 11.8 Å². The number of hydrogen-bond acceptors (Lipinski definition) is 4. The lowest BCUT2D eigenvalue weighted by molar-refractivity contribution is -0.128. The number of carbonyl (C=O) groups is 2. The van der Waals surface area contributed by atoms with Crippen LogP contribution in [0, 0.1) is 6.92 Å². The second-order valence-electron chi connectivity index (χ2n) is 6.28. The number of halogens is 2. The third kappa shape index (κ3) is 4.87. The fraction of sp³-hybridized carbons (Fsp3) is 0.250. The molecule has 2 amide bonds. The number of aliphatic imine (C=N–C) groups is 1. The fourth-order valence-corrected chi connectivity index (χ4v) is 4.21. The Morgan fingerprint density at radius 3 is 2.57 bits per heavy atom. The fourth-order valence-electron chi connectivity index (χ4n) is 2.69. The highest BCUT2D eigenvalue weighted by Gasteiger charge is 2.38. The molecule has 0 spiro atoms. The number of thioether (sulfide) groups is 1. The Labute approximate surface area is 178 Å². The van der Waals surface area contributed by atoms with Crippen LogP contribution < -0.4 is 5.32 Å². The zero-order valence-electron chi connectivity index (χ0n) is 15.4. The smallest absolute Gasteiger partial charge is 0.242 e. The van der Waals surface area contributed by atoms with Crippen molar-refractivity contribution < 1.29 is 9.59 Å². The molecule has 0 aromatic heterocycles. The van der Waals surface area contributed by atoms with Crippen LogP contribution in [0.3, 0.4) is 0 Å². The van der Waals surface area contributed by atoms with Crippen molar-refractivity contribution in [2.24, 2.45) is 4.99 Å². The van der Waals surface area contributed by atoms with Crippen LogP contribution >= 0.6 is 35.0 Å². The molecule has 8 heteroatoms. The van der Waals surface area contributed by atoms with Gasteiger partial charge in [0.05, 0.1) is 5.69 Å². The standard InChI is InChI=1S/C20H19Cl2N3O2S/c1-3-25-19(27)17(11-18(26)23-14-8-5-13(21)6-9-14)28-20(25)24-15-7-4-12(2)16(22)10-15/h4-10,17H,3,11H2,1-2H3,(H,23,26). The van der Waals surface area contributed by atoms with Gasteiger partial charge >= 0.3 is 0 Å². The van der Waals surface area contributed by atoms with Crippen LogP contribution in [0.25, 0.3) is 0 Å². The van der Waals surface area contributed by atoms with E-state index in [1.807, 2.05) is 26.0 Å². The first-order valence-electron chi connectivity index (χ1n) is 8.75. The predicted octanol–water partition coefficient (Wildman–Crippen LogP) is 5.28. The van der Waals surface area contributed by atoms with Crippen molar-refractivity contribution in [1.29, 1.82) is 0 Å². The van der Waals surface area contributed by atoms with Crippen LogP contribution in [0.2, 0.25) is 10.0 Å². The Morgan fingerprint density at radius 2 is 1.93 bits per heavy atom. The summed E-state index contributed by atoms with van der Waals surface area (Å²) >= 11 is 13.3. The van der Waals surface area contributed by atoms with E-state index in [0.717, 1.165) is 5.56 Å². The first kappa shape index (κ1) is 20.7. The SMILES string of the molecule is CCN1C(=O)C(CC(=O)Nc2ccc(Cl)cc2)SC1=Nc1ccc(C)c(Cl)c1. The van der Waals surface area contributed by atoms with E-state index >= 15 is 0 Å². The zero-order valence-corrected chi connectivity index (χ0v) is 17.7. The monoisotopic (exact) mass is 435 g/mol. The van der Waals surface area contributed by atoms with E-state index in [9.17, 15) is 9.59 Å². The van der Waals surface area contributed by atoms with E-state index in [1.165, 1.54) is 11.8 Å². The number of amidine groups is 1. The van der Waals surface area contributed by atoms with E-state index in [2.05, 4.69) is 10.3 Å². The summed E-state index contributed by atoms with van der Waals surface area (Å²) in [4.78, 5) is 31.2. The minimum absolute atomic E-state index is 0.0658. The van der Waals surface area contributed by atoms with Gasteiger partial charge in [0.15, 0.2) is 5.17 Å². The zero-order chi connectivity index (χ0) is 20.3. The second-order valence-corrected chi connectivity index (χ2v) is 8.29. The average molecular weight is 436 g/mol. The maximum atomic E-state index is 12.7. The van der Waals surface area contributed by atoms with Crippen molar-refractivity contribution in [3.05, 3.63) is 58.1 Å². The quantitative estimate of drug-likeness (QED) is 0.694. The summed E-state index contributed by atoms with van der Waals surface area (Å²) in [6, 6.07) is 12.3. The molecule has 1 aliphatic heterocycles. The number of hydrogen-bond donors (Lipinski definition) is 1. The number of nitrogens with zero attached hydrogens (tertiary/aromatic N) is 2. The van der Waals surface area contributed by atoms with E-state index < -0.39 is 5.25 Å². The molecule has 2 aromatic rings. The molecule has 1 aliphatic rings. The third-order valence-corrected chi connectivity index (χ3v) is 6.05.